The first kappa shape index (κ1) is 12.3. The summed E-state index contributed by atoms with van der Waals surface area (Å²) in [4.78, 5) is 10.4. The van der Waals surface area contributed by atoms with Crippen molar-refractivity contribution in [2.45, 2.75) is 20.8 Å². The molecule has 0 radical (unpaired) electrons. The van der Waals surface area contributed by atoms with Gasteiger partial charge in [-0.3, -0.25) is 10.1 Å². The van der Waals surface area contributed by atoms with Gasteiger partial charge in [0.25, 0.3) is 5.69 Å². The Kier molecular flexibility index (Phi) is 3.15. The molecule has 0 amide bonds. The number of benzene rings is 2. The van der Waals surface area contributed by atoms with E-state index in [1.165, 1.54) is 16.7 Å². The maximum Gasteiger partial charge on any atom is 0.269 e. The van der Waals surface area contributed by atoms with Gasteiger partial charge in [-0.05, 0) is 54.7 Å². The molecule has 0 bridgehead atoms. The highest BCUT2D eigenvalue weighted by molar-refractivity contribution is 5.74. The van der Waals surface area contributed by atoms with Gasteiger partial charge in [0.1, 0.15) is 0 Å². The molecule has 2 aromatic rings. The SMILES string of the molecule is Cc1cc([N+](=O)[O-])ccc1-c1c(C)cccc1C. The second kappa shape index (κ2) is 4.61. The summed E-state index contributed by atoms with van der Waals surface area (Å²) in [6.45, 7) is 6.03. The summed E-state index contributed by atoms with van der Waals surface area (Å²) in [5.74, 6) is 0. The van der Waals surface area contributed by atoms with Gasteiger partial charge < -0.3 is 0 Å². The topological polar surface area (TPSA) is 43.1 Å². The fraction of sp³-hybridized carbons (Fsp3) is 0.200. The zero-order valence-corrected chi connectivity index (χ0v) is 10.7. The van der Waals surface area contributed by atoms with Crippen LogP contribution in [0.5, 0.6) is 0 Å². The van der Waals surface area contributed by atoms with Crippen LogP contribution in [0.3, 0.4) is 0 Å². The van der Waals surface area contributed by atoms with Crippen LogP contribution in [0.4, 0.5) is 5.69 Å². The number of hydrogen-bond donors (Lipinski definition) is 0. The fourth-order valence-corrected chi connectivity index (χ4v) is 2.28. The minimum Gasteiger partial charge on any atom is -0.258 e. The average molecular weight is 241 g/mol. The van der Waals surface area contributed by atoms with Crippen LogP contribution in [0.1, 0.15) is 16.7 Å². The molecule has 0 aromatic heterocycles. The van der Waals surface area contributed by atoms with Gasteiger partial charge in [0.15, 0.2) is 0 Å². The summed E-state index contributed by atoms with van der Waals surface area (Å²) in [6, 6.07) is 11.2. The maximum absolute atomic E-state index is 10.7. The first-order chi connectivity index (χ1) is 8.50. The van der Waals surface area contributed by atoms with Crippen LogP contribution in [0.2, 0.25) is 0 Å². The molecule has 0 saturated heterocycles. The Bertz CT molecular complexity index is 598. The first-order valence-electron chi connectivity index (χ1n) is 5.82. The van der Waals surface area contributed by atoms with Gasteiger partial charge in [-0.1, -0.05) is 18.2 Å². The molecule has 0 aliphatic carbocycles. The quantitative estimate of drug-likeness (QED) is 0.584. The van der Waals surface area contributed by atoms with Crippen LogP contribution < -0.4 is 0 Å². The minimum atomic E-state index is -0.360. The van der Waals surface area contributed by atoms with E-state index in [0.717, 1.165) is 11.1 Å². The summed E-state index contributed by atoms with van der Waals surface area (Å²) in [6.07, 6.45) is 0. The highest BCUT2D eigenvalue weighted by Crippen LogP contribution is 2.31. The number of hydrogen-bond acceptors (Lipinski definition) is 2. The van der Waals surface area contributed by atoms with Crippen LogP contribution >= 0.6 is 0 Å². The van der Waals surface area contributed by atoms with Gasteiger partial charge in [-0.15, -0.1) is 0 Å². The molecule has 18 heavy (non-hydrogen) atoms. The summed E-state index contributed by atoms with van der Waals surface area (Å²) in [5.41, 5.74) is 5.68. The molecular formula is C15H15NO2. The summed E-state index contributed by atoms with van der Waals surface area (Å²) in [5, 5.41) is 10.7. The van der Waals surface area contributed by atoms with Crippen molar-refractivity contribution in [2.75, 3.05) is 0 Å². The molecule has 3 heteroatoms. The molecule has 0 aliphatic heterocycles. The number of non-ortho nitro benzene ring substituents is 1. The second-order valence-electron chi connectivity index (χ2n) is 4.52. The van der Waals surface area contributed by atoms with Crippen LogP contribution in [-0.4, -0.2) is 4.92 Å². The van der Waals surface area contributed by atoms with Gasteiger partial charge in [-0.25, -0.2) is 0 Å². The molecule has 3 nitrogen and oxygen atoms in total. The van der Waals surface area contributed by atoms with E-state index in [1.54, 1.807) is 12.1 Å². The second-order valence-corrected chi connectivity index (χ2v) is 4.52. The predicted octanol–water partition coefficient (Wildman–Crippen LogP) is 4.19. The lowest BCUT2D eigenvalue weighted by atomic mass is 9.92. The Morgan fingerprint density at radius 1 is 0.944 bits per heavy atom. The Morgan fingerprint density at radius 3 is 2.06 bits per heavy atom. The van der Waals surface area contributed by atoms with Gasteiger partial charge in [0.05, 0.1) is 4.92 Å². The third kappa shape index (κ3) is 2.12. The summed E-state index contributed by atoms with van der Waals surface area (Å²) < 4.78 is 0. The van der Waals surface area contributed by atoms with Crippen LogP contribution in [0, 0.1) is 30.9 Å². The molecule has 2 aromatic carbocycles. The standard InChI is InChI=1S/C15H15NO2/c1-10-5-4-6-11(2)15(10)14-8-7-13(16(17)18)9-12(14)3/h4-9H,1-3H3. The molecule has 0 heterocycles. The molecule has 0 fully saturated rings. The minimum absolute atomic E-state index is 0.141. The van der Waals surface area contributed by atoms with Crippen molar-refractivity contribution in [1.29, 1.82) is 0 Å². The molecule has 0 spiro atoms. The van der Waals surface area contributed by atoms with E-state index in [9.17, 15) is 10.1 Å². The summed E-state index contributed by atoms with van der Waals surface area (Å²) in [7, 11) is 0. The van der Waals surface area contributed by atoms with E-state index >= 15 is 0 Å². The van der Waals surface area contributed by atoms with Crippen LogP contribution in [-0.2, 0) is 0 Å². The third-order valence-electron chi connectivity index (χ3n) is 3.17. The average Bonchev–Trinajstić information content (AvgIpc) is 2.30. The zero-order chi connectivity index (χ0) is 13.3. The lowest BCUT2D eigenvalue weighted by Gasteiger charge is -2.12. The maximum atomic E-state index is 10.7. The van der Waals surface area contributed by atoms with E-state index in [4.69, 9.17) is 0 Å². The molecule has 2 rings (SSSR count). The van der Waals surface area contributed by atoms with E-state index in [0.29, 0.717) is 0 Å². The van der Waals surface area contributed by atoms with Gasteiger partial charge >= 0.3 is 0 Å². The largest absolute Gasteiger partial charge is 0.269 e. The molecule has 0 unspecified atom stereocenters. The van der Waals surface area contributed by atoms with Crippen molar-refractivity contribution in [2.24, 2.45) is 0 Å². The van der Waals surface area contributed by atoms with E-state index in [1.807, 2.05) is 19.1 Å². The summed E-state index contributed by atoms with van der Waals surface area (Å²) >= 11 is 0. The normalized spacial score (nSPS) is 10.4. The van der Waals surface area contributed by atoms with Crippen molar-refractivity contribution in [3.63, 3.8) is 0 Å². The van der Waals surface area contributed by atoms with Crippen LogP contribution in [0.25, 0.3) is 11.1 Å². The fourth-order valence-electron chi connectivity index (χ4n) is 2.28. The Balaban J connectivity index is 2.62. The smallest absolute Gasteiger partial charge is 0.258 e. The Morgan fingerprint density at radius 2 is 1.56 bits per heavy atom. The molecule has 0 N–H and O–H groups in total. The van der Waals surface area contributed by atoms with Crippen LogP contribution in [0.15, 0.2) is 36.4 Å². The first-order valence-corrected chi connectivity index (χ1v) is 5.82. The van der Waals surface area contributed by atoms with Crippen molar-refractivity contribution >= 4 is 5.69 Å². The number of rotatable bonds is 2. The van der Waals surface area contributed by atoms with Gasteiger partial charge in [-0.2, -0.15) is 0 Å². The number of nitro benzene ring substituents is 1. The van der Waals surface area contributed by atoms with Crippen molar-refractivity contribution in [3.8, 4) is 11.1 Å². The van der Waals surface area contributed by atoms with Crippen molar-refractivity contribution in [3.05, 3.63) is 63.2 Å². The van der Waals surface area contributed by atoms with Crippen molar-refractivity contribution < 1.29 is 4.92 Å². The van der Waals surface area contributed by atoms with Crippen molar-refractivity contribution in [1.82, 2.24) is 0 Å². The van der Waals surface area contributed by atoms with E-state index in [-0.39, 0.29) is 10.6 Å². The highest BCUT2D eigenvalue weighted by Gasteiger charge is 2.12. The Hall–Kier alpha value is -2.16. The van der Waals surface area contributed by atoms with E-state index in [2.05, 4.69) is 26.0 Å². The molecule has 92 valence electrons. The molecule has 0 atom stereocenters. The number of aryl methyl sites for hydroxylation is 3. The lowest BCUT2D eigenvalue weighted by molar-refractivity contribution is -0.384. The third-order valence-corrected chi connectivity index (χ3v) is 3.17. The number of nitrogens with zero attached hydrogens (tertiary/aromatic N) is 1. The predicted molar refractivity (Wildman–Crippen MR) is 72.7 cm³/mol. The monoisotopic (exact) mass is 241 g/mol. The lowest BCUT2D eigenvalue weighted by Crippen LogP contribution is -1.93. The highest BCUT2D eigenvalue weighted by atomic mass is 16.6. The molecule has 0 saturated carbocycles. The van der Waals surface area contributed by atoms with Gasteiger partial charge in [0.2, 0.25) is 0 Å². The zero-order valence-electron chi connectivity index (χ0n) is 10.7. The van der Waals surface area contributed by atoms with E-state index < -0.39 is 0 Å². The molecule has 0 aliphatic rings. The molecular weight excluding hydrogens is 226 g/mol. The number of nitro groups is 1. The Labute approximate surface area is 106 Å². The van der Waals surface area contributed by atoms with Gasteiger partial charge in [0, 0.05) is 12.1 Å².